The molecular formula is C13H10ClF3N2O2. The van der Waals surface area contributed by atoms with Gasteiger partial charge < -0.3 is 15.2 Å². The molecule has 0 aliphatic rings. The first-order valence-electron chi connectivity index (χ1n) is 5.85. The van der Waals surface area contributed by atoms with Gasteiger partial charge in [-0.05, 0) is 24.3 Å². The van der Waals surface area contributed by atoms with Gasteiger partial charge in [-0.15, -0.1) is 0 Å². The van der Waals surface area contributed by atoms with E-state index < -0.39 is 29.1 Å². The summed E-state index contributed by atoms with van der Waals surface area (Å²) in [5.74, 6) is -5.65. The number of aliphatic hydroxyl groups is 1. The van der Waals surface area contributed by atoms with Crippen LogP contribution in [0.2, 0.25) is 5.02 Å². The summed E-state index contributed by atoms with van der Waals surface area (Å²) in [5.41, 5.74) is 0. The van der Waals surface area contributed by atoms with E-state index >= 15 is 0 Å². The molecule has 8 heteroatoms. The molecule has 0 spiro atoms. The van der Waals surface area contributed by atoms with Crippen molar-refractivity contribution >= 4 is 17.4 Å². The third-order valence-electron chi connectivity index (χ3n) is 2.44. The Morgan fingerprint density at radius 3 is 2.43 bits per heavy atom. The van der Waals surface area contributed by atoms with Crippen LogP contribution in [-0.2, 0) is 0 Å². The maximum atomic E-state index is 14.0. The van der Waals surface area contributed by atoms with Crippen LogP contribution in [0.5, 0.6) is 11.5 Å². The molecule has 0 atom stereocenters. The SMILES string of the molecule is OCCNc1nc(F)c(F)c(Oc2ccc(Cl)cc2)c1F. The molecule has 4 nitrogen and oxygen atoms in total. The molecule has 0 radical (unpaired) electrons. The number of aromatic nitrogens is 1. The first-order valence-corrected chi connectivity index (χ1v) is 6.23. The van der Waals surface area contributed by atoms with Crippen LogP contribution < -0.4 is 10.1 Å². The van der Waals surface area contributed by atoms with Gasteiger partial charge in [0.05, 0.1) is 6.61 Å². The van der Waals surface area contributed by atoms with E-state index in [1.807, 2.05) is 0 Å². The molecule has 1 aromatic heterocycles. The zero-order valence-corrected chi connectivity index (χ0v) is 11.3. The van der Waals surface area contributed by atoms with E-state index in [1.165, 1.54) is 24.3 Å². The summed E-state index contributed by atoms with van der Waals surface area (Å²) in [7, 11) is 0. The fourth-order valence-electron chi connectivity index (χ4n) is 1.50. The van der Waals surface area contributed by atoms with Crippen molar-refractivity contribution in [2.75, 3.05) is 18.5 Å². The number of nitrogens with one attached hydrogen (secondary N) is 1. The van der Waals surface area contributed by atoms with Crippen molar-refractivity contribution < 1.29 is 23.0 Å². The molecule has 112 valence electrons. The van der Waals surface area contributed by atoms with E-state index in [0.29, 0.717) is 5.02 Å². The van der Waals surface area contributed by atoms with E-state index in [9.17, 15) is 13.2 Å². The molecule has 0 saturated carbocycles. The average molecular weight is 319 g/mol. The third-order valence-corrected chi connectivity index (χ3v) is 2.69. The Hall–Kier alpha value is -1.99. The van der Waals surface area contributed by atoms with Crippen molar-refractivity contribution in [1.82, 2.24) is 4.98 Å². The second-order valence-corrected chi connectivity index (χ2v) is 4.35. The van der Waals surface area contributed by atoms with Crippen LogP contribution in [0.15, 0.2) is 24.3 Å². The van der Waals surface area contributed by atoms with Gasteiger partial charge in [-0.25, -0.2) is 0 Å². The highest BCUT2D eigenvalue weighted by atomic mass is 35.5. The number of halogens is 4. The van der Waals surface area contributed by atoms with E-state index in [1.54, 1.807) is 0 Å². The quantitative estimate of drug-likeness (QED) is 0.830. The topological polar surface area (TPSA) is 54.4 Å². The number of pyridine rings is 1. The number of hydrogen-bond acceptors (Lipinski definition) is 4. The zero-order chi connectivity index (χ0) is 15.4. The minimum Gasteiger partial charge on any atom is -0.451 e. The molecule has 1 aromatic carbocycles. The molecule has 0 bridgehead atoms. The number of rotatable bonds is 5. The Morgan fingerprint density at radius 1 is 1.14 bits per heavy atom. The number of ether oxygens (including phenoxy) is 1. The molecule has 2 N–H and O–H groups in total. The van der Waals surface area contributed by atoms with Gasteiger partial charge in [0.1, 0.15) is 5.75 Å². The van der Waals surface area contributed by atoms with Crippen LogP contribution in [0.4, 0.5) is 19.0 Å². The lowest BCUT2D eigenvalue weighted by Crippen LogP contribution is -2.11. The monoisotopic (exact) mass is 318 g/mol. The standard InChI is InChI=1S/C13H10ClF3N2O2/c14-7-1-3-8(4-2-7)21-11-9(15)12(17)19-13(10(11)16)18-5-6-20/h1-4,20H,5-6H2,(H,18,19). The maximum Gasteiger partial charge on any atom is 0.255 e. The van der Waals surface area contributed by atoms with Crippen molar-refractivity contribution in [3.8, 4) is 11.5 Å². The number of aliphatic hydroxyl groups excluding tert-OH is 1. The fourth-order valence-corrected chi connectivity index (χ4v) is 1.62. The molecule has 0 amide bonds. The van der Waals surface area contributed by atoms with Gasteiger partial charge in [0, 0.05) is 11.6 Å². The van der Waals surface area contributed by atoms with Crippen LogP contribution >= 0.6 is 11.6 Å². The number of nitrogens with zero attached hydrogens (tertiary/aromatic N) is 1. The van der Waals surface area contributed by atoms with Gasteiger partial charge in [0.15, 0.2) is 5.82 Å². The van der Waals surface area contributed by atoms with Gasteiger partial charge in [-0.2, -0.15) is 18.2 Å². The molecule has 0 unspecified atom stereocenters. The Labute approximate surface area is 123 Å². The van der Waals surface area contributed by atoms with Crippen molar-refractivity contribution in [2.24, 2.45) is 0 Å². The maximum absolute atomic E-state index is 14.0. The van der Waals surface area contributed by atoms with E-state index in [0.717, 1.165) is 0 Å². The highest BCUT2D eigenvalue weighted by Gasteiger charge is 2.22. The summed E-state index contributed by atoms with van der Waals surface area (Å²) in [6.07, 6.45) is 0. The van der Waals surface area contributed by atoms with E-state index in [2.05, 4.69) is 10.3 Å². The fraction of sp³-hybridized carbons (Fsp3) is 0.154. The van der Waals surface area contributed by atoms with Gasteiger partial charge in [-0.3, -0.25) is 0 Å². The van der Waals surface area contributed by atoms with E-state index in [-0.39, 0.29) is 18.9 Å². The molecule has 1 heterocycles. The first-order chi connectivity index (χ1) is 10.0. The van der Waals surface area contributed by atoms with Crippen molar-refractivity contribution in [1.29, 1.82) is 0 Å². The summed E-state index contributed by atoms with van der Waals surface area (Å²) >= 11 is 5.68. The Balaban J connectivity index is 2.37. The molecule has 21 heavy (non-hydrogen) atoms. The normalized spacial score (nSPS) is 10.5. The lowest BCUT2D eigenvalue weighted by molar-refractivity contribution is 0.310. The predicted octanol–water partition coefficient (Wildman–Crippen LogP) is 3.35. The number of anilines is 1. The molecule has 2 aromatic rings. The van der Waals surface area contributed by atoms with Crippen LogP contribution in [0.25, 0.3) is 0 Å². The van der Waals surface area contributed by atoms with Gasteiger partial charge in [0.2, 0.25) is 17.4 Å². The largest absolute Gasteiger partial charge is 0.451 e. The highest BCUT2D eigenvalue weighted by Crippen LogP contribution is 2.32. The molecule has 0 aliphatic heterocycles. The van der Waals surface area contributed by atoms with Crippen LogP contribution in [0, 0.1) is 17.6 Å². The lowest BCUT2D eigenvalue weighted by atomic mass is 10.3. The average Bonchev–Trinajstić information content (AvgIpc) is 2.48. The number of hydrogen-bond donors (Lipinski definition) is 2. The summed E-state index contributed by atoms with van der Waals surface area (Å²) < 4.78 is 46.0. The minimum absolute atomic E-state index is 0.0740. The third kappa shape index (κ3) is 3.56. The van der Waals surface area contributed by atoms with Crippen LogP contribution in [0.1, 0.15) is 0 Å². The lowest BCUT2D eigenvalue weighted by Gasteiger charge is -2.12. The molecular weight excluding hydrogens is 309 g/mol. The molecule has 0 fully saturated rings. The second kappa shape index (κ2) is 6.64. The van der Waals surface area contributed by atoms with Gasteiger partial charge in [-0.1, -0.05) is 11.6 Å². The summed E-state index contributed by atoms with van der Waals surface area (Å²) in [5, 5.41) is 11.4. The minimum atomic E-state index is -1.54. The Kier molecular flexibility index (Phi) is 4.87. The molecule has 0 saturated heterocycles. The zero-order valence-electron chi connectivity index (χ0n) is 10.5. The predicted molar refractivity (Wildman–Crippen MR) is 71.2 cm³/mol. The number of benzene rings is 1. The highest BCUT2D eigenvalue weighted by molar-refractivity contribution is 6.30. The molecule has 0 aliphatic carbocycles. The first kappa shape index (κ1) is 15.4. The van der Waals surface area contributed by atoms with Crippen LogP contribution in [-0.4, -0.2) is 23.2 Å². The second-order valence-electron chi connectivity index (χ2n) is 3.91. The summed E-state index contributed by atoms with van der Waals surface area (Å²) in [6.45, 7) is -0.400. The Bertz CT molecular complexity index is 638. The summed E-state index contributed by atoms with van der Waals surface area (Å²) in [4.78, 5) is 3.09. The van der Waals surface area contributed by atoms with Gasteiger partial charge in [0.25, 0.3) is 5.95 Å². The van der Waals surface area contributed by atoms with Crippen molar-refractivity contribution in [3.05, 3.63) is 46.9 Å². The van der Waals surface area contributed by atoms with E-state index in [4.69, 9.17) is 21.4 Å². The summed E-state index contributed by atoms with van der Waals surface area (Å²) in [6, 6.07) is 5.66. The van der Waals surface area contributed by atoms with Crippen LogP contribution in [0.3, 0.4) is 0 Å². The molecule has 2 rings (SSSR count). The Morgan fingerprint density at radius 2 is 1.81 bits per heavy atom. The van der Waals surface area contributed by atoms with Crippen molar-refractivity contribution in [3.63, 3.8) is 0 Å². The van der Waals surface area contributed by atoms with Gasteiger partial charge >= 0.3 is 0 Å². The van der Waals surface area contributed by atoms with Crippen molar-refractivity contribution in [2.45, 2.75) is 0 Å². The smallest absolute Gasteiger partial charge is 0.255 e.